The summed E-state index contributed by atoms with van der Waals surface area (Å²) in [6, 6.07) is 8.42. The number of anilines is 1. The summed E-state index contributed by atoms with van der Waals surface area (Å²) in [4.78, 5) is 11.8. The lowest BCUT2D eigenvalue weighted by Crippen LogP contribution is -2.15. The maximum Gasteiger partial charge on any atom is 0.416 e. The van der Waals surface area contributed by atoms with Gasteiger partial charge in [-0.3, -0.25) is 4.79 Å². The van der Waals surface area contributed by atoms with Gasteiger partial charge >= 0.3 is 6.18 Å². The van der Waals surface area contributed by atoms with Gasteiger partial charge in [-0.05, 0) is 35.9 Å². The van der Waals surface area contributed by atoms with E-state index in [1.807, 2.05) is 0 Å². The van der Waals surface area contributed by atoms with Crippen LogP contribution in [0.3, 0.4) is 0 Å². The number of halogens is 5. The molecule has 0 aliphatic heterocycles. The van der Waals surface area contributed by atoms with E-state index < -0.39 is 23.5 Å². The summed E-state index contributed by atoms with van der Waals surface area (Å²) in [6.45, 7) is 0. The van der Waals surface area contributed by atoms with Crippen molar-refractivity contribution in [3.63, 3.8) is 0 Å². The Balaban J connectivity index is 2.03. The van der Waals surface area contributed by atoms with Crippen molar-refractivity contribution in [2.45, 2.75) is 12.6 Å². The third-order valence-corrected chi connectivity index (χ3v) is 3.34. The van der Waals surface area contributed by atoms with Crippen LogP contribution in [-0.2, 0) is 17.4 Å². The second-order valence-electron chi connectivity index (χ2n) is 4.54. The lowest BCUT2D eigenvalue weighted by Gasteiger charge is -2.09. The molecule has 0 radical (unpaired) electrons. The number of nitrogens with one attached hydrogen (secondary N) is 1. The highest BCUT2D eigenvalue weighted by molar-refractivity contribution is 9.10. The molecular formula is C15H10BrF4NO. The van der Waals surface area contributed by atoms with Crippen LogP contribution >= 0.6 is 15.9 Å². The Morgan fingerprint density at radius 1 is 1.09 bits per heavy atom. The molecule has 2 aromatic rings. The van der Waals surface area contributed by atoms with Crippen LogP contribution in [0.5, 0.6) is 0 Å². The van der Waals surface area contributed by atoms with Crippen LogP contribution in [0, 0.1) is 5.82 Å². The predicted molar refractivity (Wildman–Crippen MR) is 77.9 cm³/mol. The fraction of sp³-hybridized carbons (Fsp3) is 0.133. The molecule has 0 fully saturated rings. The van der Waals surface area contributed by atoms with E-state index in [4.69, 9.17) is 0 Å². The van der Waals surface area contributed by atoms with Gasteiger partial charge in [0.15, 0.2) is 0 Å². The summed E-state index contributed by atoms with van der Waals surface area (Å²) in [5.74, 6) is -1.11. The van der Waals surface area contributed by atoms with E-state index in [-0.39, 0.29) is 12.1 Å². The molecule has 0 heterocycles. The SMILES string of the molecule is O=C(Cc1ccc(C(F)(F)F)cc1)Nc1ccc(Br)cc1F. The van der Waals surface area contributed by atoms with Gasteiger partial charge in [0.05, 0.1) is 17.7 Å². The minimum atomic E-state index is -4.42. The zero-order chi connectivity index (χ0) is 16.3. The second-order valence-corrected chi connectivity index (χ2v) is 5.46. The molecule has 0 bridgehead atoms. The van der Waals surface area contributed by atoms with Gasteiger partial charge in [0.2, 0.25) is 5.91 Å². The monoisotopic (exact) mass is 375 g/mol. The molecule has 2 nitrogen and oxygen atoms in total. The number of amides is 1. The van der Waals surface area contributed by atoms with Crippen molar-refractivity contribution in [2.24, 2.45) is 0 Å². The second kappa shape index (κ2) is 6.48. The summed E-state index contributed by atoms with van der Waals surface area (Å²) in [6.07, 6.45) is -4.56. The van der Waals surface area contributed by atoms with Gasteiger partial charge in [-0.15, -0.1) is 0 Å². The molecule has 0 aromatic heterocycles. The number of alkyl halides is 3. The number of benzene rings is 2. The number of hydrogen-bond donors (Lipinski definition) is 1. The molecule has 0 saturated carbocycles. The van der Waals surface area contributed by atoms with E-state index in [0.717, 1.165) is 12.1 Å². The summed E-state index contributed by atoms with van der Waals surface area (Å²) in [5, 5.41) is 2.37. The highest BCUT2D eigenvalue weighted by Gasteiger charge is 2.29. The van der Waals surface area contributed by atoms with Gasteiger partial charge in [0, 0.05) is 4.47 Å². The Morgan fingerprint density at radius 2 is 1.73 bits per heavy atom. The maximum atomic E-state index is 13.6. The van der Waals surface area contributed by atoms with Crippen LogP contribution in [-0.4, -0.2) is 5.91 Å². The smallest absolute Gasteiger partial charge is 0.323 e. The van der Waals surface area contributed by atoms with Crippen LogP contribution in [0.1, 0.15) is 11.1 Å². The molecular weight excluding hydrogens is 366 g/mol. The van der Waals surface area contributed by atoms with Crippen LogP contribution in [0.25, 0.3) is 0 Å². The number of carbonyl (C=O) groups excluding carboxylic acids is 1. The standard InChI is InChI=1S/C15H10BrF4NO/c16-11-5-6-13(12(17)8-11)21-14(22)7-9-1-3-10(4-2-9)15(18,19)20/h1-6,8H,7H2,(H,21,22). The van der Waals surface area contributed by atoms with Gasteiger partial charge < -0.3 is 5.32 Å². The third kappa shape index (κ3) is 4.30. The van der Waals surface area contributed by atoms with Crippen LogP contribution in [0.4, 0.5) is 23.2 Å². The van der Waals surface area contributed by atoms with E-state index >= 15 is 0 Å². The molecule has 0 aliphatic carbocycles. The number of carbonyl (C=O) groups is 1. The molecule has 0 atom stereocenters. The van der Waals surface area contributed by atoms with Crippen LogP contribution in [0.2, 0.25) is 0 Å². The van der Waals surface area contributed by atoms with Crippen molar-refractivity contribution >= 4 is 27.5 Å². The van der Waals surface area contributed by atoms with E-state index in [2.05, 4.69) is 21.2 Å². The van der Waals surface area contributed by atoms with E-state index in [1.54, 1.807) is 6.07 Å². The fourth-order valence-corrected chi connectivity index (χ4v) is 2.12. The first kappa shape index (κ1) is 16.5. The topological polar surface area (TPSA) is 29.1 Å². The Kier molecular flexibility index (Phi) is 4.85. The first-order chi connectivity index (χ1) is 10.3. The number of hydrogen-bond acceptors (Lipinski definition) is 1. The summed E-state index contributed by atoms with van der Waals surface area (Å²) in [5.41, 5.74) is -0.362. The first-order valence-corrected chi connectivity index (χ1v) is 6.96. The minimum Gasteiger partial charge on any atom is -0.323 e. The normalized spacial score (nSPS) is 11.3. The van der Waals surface area contributed by atoms with E-state index in [9.17, 15) is 22.4 Å². The van der Waals surface area contributed by atoms with Gasteiger partial charge in [0.25, 0.3) is 0 Å². The molecule has 0 spiro atoms. The molecule has 1 amide bonds. The molecule has 0 unspecified atom stereocenters. The Bertz CT molecular complexity index is 683. The van der Waals surface area contributed by atoms with Crippen molar-refractivity contribution in [1.82, 2.24) is 0 Å². The largest absolute Gasteiger partial charge is 0.416 e. The van der Waals surface area contributed by atoms with Gasteiger partial charge in [0.1, 0.15) is 5.82 Å². The lowest BCUT2D eigenvalue weighted by atomic mass is 10.1. The molecule has 2 rings (SSSR count). The maximum absolute atomic E-state index is 13.6. The molecule has 7 heteroatoms. The Labute approximate surface area is 132 Å². The quantitative estimate of drug-likeness (QED) is 0.767. The molecule has 1 N–H and O–H groups in total. The summed E-state index contributed by atoms with van der Waals surface area (Å²) < 4.78 is 51.4. The van der Waals surface area contributed by atoms with Crippen molar-refractivity contribution in [1.29, 1.82) is 0 Å². The lowest BCUT2D eigenvalue weighted by molar-refractivity contribution is -0.137. The Morgan fingerprint density at radius 3 is 2.27 bits per heavy atom. The third-order valence-electron chi connectivity index (χ3n) is 2.85. The molecule has 0 aliphatic rings. The van der Waals surface area contributed by atoms with Crippen molar-refractivity contribution in [2.75, 3.05) is 5.32 Å². The molecule has 2 aromatic carbocycles. The summed E-state index contributed by atoms with van der Waals surface area (Å²) in [7, 11) is 0. The molecule has 0 saturated heterocycles. The van der Waals surface area contributed by atoms with Gasteiger partial charge in [-0.2, -0.15) is 13.2 Å². The van der Waals surface area contributed by atoms with Crippen molar-refractivity contribution in [3.8, 4) is 0 Å². The van der Waals surface area contributed by atoms with Crippen LogP contribution < -0.4 is 5.32 Å². The van der Waals surface area contributed by atoms with Gasteiger partial charge in [-0.25, -0.2) is 4.39 Å². The zero-order valence-corrected chi connectivity index (χ0v) is 12.6. The molecule has 116 valence electrons. The van der Waals surface area contributed by atoms with E-state index in [1.165, 1.54) is 24.3 Å². The summed E-state index contributed by atoms with van der Waals surface area (Å²) >= 11 is 3.09. The minimum absolute atomic E-state index is 0.0140. The average molecular weight is 376 g/mol. The van der Waals surface area contributed by atoms with Crippen molar-refractivity contribution in [3.05, 3.63) is 63.9 Å². The predicted octanol–water partition coefficient (Wildman–Crippen LogP) is 4.79. The highest BCUT2D eigenvalue weighted by Crippen LogP contribution is 2.29. The molecule has 22 heavy (non-hydrogen) atoms. The first-order valence-electron chi connectivity index (χ1n) is 6.17. The van der Waals surface area contributed by atoms with E-state index in [0.29, 0.717) is 10.0 Å². The Hall–Kier alpha value is -1.89. The zero-order valence-electron chi connectivity index (χ0n) is 11.0. The highest BCUT2D eigenvalue weighted by atomic mass is 79.9. The fourth-order valence-electron chi connectivity index (χ4n) is 1.78. The van der Waals surface area contributed by atoms with Crippen LogP contribution in [0.15, 0.2) is 46.9 Å². The van der Waals surface area contributed by atoms with Gasteiger partial charge in [-0.1, -0.05) is 28.1 Å². The average Bonchev–Trinajstić information content (AvgIpc) is 2.41. The number of rotatable bonds is 3. The van der Waals surface area contributed by atoms with Crippen molar-refractivity contribution < 1.29 is 22.4 Å².